The van der Waals surface area contributed by atoms with Gasteiger partial charge in [0.15, 0.2) is 0 Å². The van der Waals surface area contributed by atoms with E-state index in [-0.39, 0.29) is 11.8 Å². The van der Waals surface area contributed by atoms with Crippen molar-refractivity contribution < 1.29 is 28.5 Å². The molecular formula is C29H33N3O6. The zero-order chi connectivity index (χ0) is 26.6. The van der Waals surface area contributed by atoms with E-state index in [4.69, 9.17) is 24.7 Å². The highest BCUT2D eigenvalue weighted by Gasteiger charge is 2.18. The van der Waals surface area contributed by atoms with E-state index >= 15 is 0 Å². The van der Waals surface area contributed by atoms with Crippen molar-refractivity contribution in [2.45, 2.75) is 6.42 Å². The fourth-order valence-corrected chi connectivity index (χ4v) is 3.91. The van der Waals surface area contributed by atoms with Gasteiger partial charge in [-0.3, -0.25) is 9.59 Å². The van der Waals surface area contributed by atoms with E-state index in [1.807, 2.05) is 48.5 Å². The maximum absolute atomic E-state index is 12.6. The van der Waals surface area contributed by atoms with Crippen molar-refractivity contribution in [3.05, 3.63) is 77.9 Å². The minimum absolute atomic E-state index is 0.000782. The highest BCUT2D eigenvalue weighted by molar-refractivity contribution is 6.00. The number of amides is 2. The average molecular weight is 520 g/mol. The molecule has 1 aliphatic heterocycles. The van der Waals surface area contributed by atoms with Crippen molar-refractivity contribution in [3.63, 3.8) is 0 Å². The van der Waals surface area contributed by atoms with Crippen LogP contribution in [0.15, 0.2) is 66.7 Å². The molecule has 3 aromatic carbocycles. The van der Waals surface area contributed by atoms with E-state index in [0.29, 0.717) is 70.5 Å². The Morgan fingerprint density at radius 2 is 1.50 bits per heavy atom. The largest absolute Gasteiger partial charge is 0.491 e. The van der Waals surface area contributed by atoms with Crippen LogP contribution in [0.5, 0.6) is 5.75 Å². The molecule has 0 radical (unpaired) electrons. The van der Waals surface area contributed by atoms with Gasteiger partial charge < -0.3 is 35.3 Å². The van der Waals surface area contributed by atoms with E-state index in [2.05, 4.69) is 10.6 Å². The molecule has 0 fully saturated rings. The second kappa shape index (κ2) is 14.1. The lowest BCUT2D eigenvalue weighted by Gasteiger charge is -2.10. The lowest BCUT2D eigenvalue weighted by molar-refractivity contribution is -0.115. The van der Waals surface area contributed by atoms with E-state index in [9.17, 15) is 9.59 Å². The molecule has 9 nitrogen and oxygen atoms in total. The van der Waals surface area contributed by atoms with Crippen LogP contribution in [0, 0.1) is 0 Å². The number of carbonyl (C=O) groups excluding carboxylic acids is 2. The standard InChI is InChI=1S/C29H33N3O6/c30-25-5-7-26(8-6-25)38-17-16-37-15-14-36-13-12-35-11-10-31-29(34)23-3-1-2-21(18-23)22-4-9-27-24(19-22)20-28(33)32-27/h1-9,18-19H,10-17,20,30H2,(H,31,34)(H,32,33). The van der Waals surface area contributed by atoms with E-state index in [1.54, 1.807) is 18.2 Å². The van der Waals surface area contributed by atoms with Gasteiger partial charge in [-0.05, 0) is 65.2 Å². The summed E-state index contributed by atoms with van der Waals surface area (Å²) in [6.45, 7) is 3.53. The predicted molar refractivity (Wildman–Crippen MR) is 145 cm³/mol. The molecule has 4 N–H and O–H groups in total. The van der Waals surface area contributed by atoms with Gasteiger partial charge in [0, 0.05) is 23.5 Å². The first-order valence-corrected chi connectivity index (χ1v) is 12.6. The number of carbonyl (C=O) groups is 2. The van der Waals surface area contributed by atoms with Gasteiger partial charge >= 0.3 is 0 Å². The summed E-state index contributed by atoms with van der Waals surface area (Å²) in [6.07, 6.45) is 0.379. The molecule has 2 amide bonds. The van der Waals surface area contributed by atoms with Crippen LogP contribution in [0.25, 0.3) is 11.1 Å². The van der Waals surface area contributed by atoms with E-state index in [0.717, 1.165) is 28.1 Å². The van der Waals surface area contributed by atoms with Crippen LogP contribution >= 0.6 is 0 Å². The van der Waals surface area contributed by atoms with Gasteiger partial charge in [0.1, 0.15) is 12.4 Å². The maximum atomic E-state index is 12.6. The molecule has 1 heterocycles. The molecule has 0 atom stereocenters. The lowest BCUT2D eigenvalue weighted by Crippen LogP contribution is -2.27. The smallest absolute Gasteiger partial charge is 0.251 e. The van der Waals surface area contributed by atoms with Crippen molar-refractivity contribution in [1.29, 1.82) is 0 Å². The molecule has 9 heteroatoms. The van der Waals surface area contributed by atoms with Crippen molar-refractivity contribution in [2.75, 3.05) is 63.8 Å². The highest BCUT2D eigenvalue weighted by Crippen LogP contribution is 2.29. The van der Waals surface area contributed by atoms with Crippen molar-refractivity contribution in [3.8, 4) is 16.9 Å². The Kier molecular flexibility index (Phi) is 10.1. The quantitative estimate of drug-likeness (QED) is 0.208. The van der Waals surface area contributed by atoms with Crippen LogP contribution < -0.4 is 21.1 Å². The summed E-state index contributed by atoms with van der Waals surface area (Å²) >= 11 is 0. The van der Waals surface area contributed by atoms with Crippen molar-refractivity contribution in [1.82, 2.24) is 5.32 Å². The SMILES string of the molecule is Nc1ccc(OCCOCCOCCOCCNC(=O)c2cccc(-c3ccc4c(c3)CC(=O)N4)c2)cc1. The predicted octanol–water partition coefficient (Wildman–Crippen LogP) is 3.29. The number of nitrogens with one attached hydrogen (secondary N) is 2. The molecule has 3 aromatic rings. The normalized spacial score (nSPS) is 12.2. The summed E-state index contributed by atoms with van der Waals surface area (Å²) in [5.74, 6) is 0.594. The number of hydrogen-bond acceptors (Lipinski definition) is 7. The Bertz CT molecular complexity index is 1220. The second-order valence-corrected chi connectivity index (χ2v) is 8.69. The Hall–Kier alpha value is -3.92. The first kappa shape index (κ1) is 27.1. The Balaban J connectivity index is 1.03. The van der Waals surface area contributed by atoms with Gasteiger partial charge in [-0.25, -0.2) is 0 Å². The molecule has 0 aromatic heterocycles. The lowest BCUT2D eigenvalue weighted by atomic mass is 10.00. The Morgan fingerprint density at radius 1 is 0.816 bits per heavy atom. The van der Waals surface area contributed by atoms with Gasteiger partial charge in [-0.15, -0.1) is 0 Å². The average Bonchev–Trinajstić information content (AvgIpc) is 3.31. The minimum Gasteiger partial charge on any atom is -0.491 e. The van der Waals surface area contributed by atoms with Crippen LogP contribution in [-0.2, 0) is 25.4 Å². The highest BCUT2D eigenvalue weighted by atomic mass is 16.6. The summed E-state index contributed by atoms with van der Waals surface area (Å²) < 4.78 is 22.0. The fraction of sp³-hybridized carbons (Fsp3) is 0.310. The number of anilines is 2. The zero-order valence-corrected chi connectivity index (χ0v) is 21.2. The summed E-state index contributed by atoms with van der Waals surface area (Å²) in [5.41, 5.74) is 10.6. The first-order valence-electron chi connectivity index (χ1n) is 12.6. The first-order chi connectivity index (χ1) is 18.6. The van der Waals surface area contributed by atoms with Gasteiger partial charge in [0.05, 0.1) is 46.1 Å². The number of ether oxygens (including phenoxy) is 4. The molecule has 1 aliphatic rings. The molecular weight excluding hydrogens is 486 g/mol. The molecule has 0 saturated heterocycles. The molecule has 0 bridgehead atoms. The van der Waals surface area contributed by atoms with Crippen LogP contribution in [0.2, 0.25) is 0 Å². The van der Waals surface area contributed by atoms with Crippen LogP contribution in [-0.4, -0.2) is 64.6 Å². The Labute approximate surface area is 222 Å². The zero-order valence-electron chi connectivity index (χ0n) is 21.2. The van der Waals surface area contributed by atoms with Crippen LogP contribution in [0.4, 0.5) is 11.4 Å². The van der Waals surface area contributed by atoms with Crippen LogP contribution in [0.1, 0.15) is 15.9 Å². The number of nitrogens with two attached hydrogens (primary N) is 1. The molecule has 38 heavy (non-hydrogen) atoms. The summed E-state index contributed by atoms with van der Waals surface area (Å²) in [6, 6.07) is 20.5. The third-order valence-electron chi connectivity index (χ3n) is 5.84. The van der Waals surface area contributed by atoms with Crippen molar-refractivity contribution >= 4 is 23.2 Å². The van der Waals surface area contributed by atoms with Gasteiger partial charge in [0.25, 0.3) is 5.91 Å². The minimum atomic E-state index is -0.165. The molecule has 4 rings (SSSR count). The van der Waals surface area contributed by atoms with Gasteiger partial charge in [0.2, 0.25) is 5.91 Å². The number of benzene rings is 3. The second-order valence-electron chi connectivity index (χ2n) is 8.69. The molecule has 0 unspecified atom stereocenters. The Morgan fingerprint density at radius 3 is 2.26 bits per heavy atom. The summed E-state index contributed by atoms with van der Waals surface area (Å²) in [5, 5.41) is 5.71. The molecule has 0 saturated carbocycles. The van der Waals surface area contributed by atoms with Crippen LogP contribution in [0.3, 0.4) is 0 Å². The molecule has 0 aliphatic carbocycles. The van der Waals surface area contributed by atoms with Gasteiger partial charge in [-0.1, -0.05) is 18.2 Å². The summed E-state index contributed by atoms with van der Waals surface area (Å²) in [7, 11) is 0. The topological polar surface area (TPSA) is 121 Å². The monoisotopic (exact) mass is 519 g/mol. The molecule has 0 spiro atoms. The third kappa shape index (κ3) is 8.31. The van der Waals surface area contributed by atoms with E-state index < -0.39 is 0 Å². The van der Waals surface area contributed by atoms with Gasteiger partial charge in [-0.2, -0.15) is 0 Å². The third-order valence-corrected chi connectivity index (χ3v) is 5.84. The number of rotatable bonds is 15. The molecule has 200 valence electrons. The summed E-state index contributed by atoms with van der Waals surface area (Å²) in [4.78, 5) is 24.2. The fourth-order valence-electron chi connectivity index (χ4n) is 3.91. The number of hydrogen-bond donors (Lipinski definition) is 3. The number of nitrogen functional groups attached to an aromatic ring is 1. The van der Waals surface area contributed by atoms with Crippen molar-refractivity contribution in [2.24, 2.45) is 0 Å². The maximum Gasteiger partial charge on any atom is 0.251 e. The number of fused-ring (bicyclic) bond motifs is 1. The van der Waals surface area contributed by atoms with E-state index in [1.165, 1.54) is 0 Å².